The molecule has 0 aliphatic carbocycles. The van der Waals surface area contributed by atoms with Crippen molar-refractivity contribution in [3.63, 3.8) is 0 Å². The van der Waals surface area contributed by atoms with Crippen LogP contribution in [0.25, 0.3) is 11.7 Å². The summed E-state index contributed by atoms with van der Waals surface area (Å²) >= 11 is 0. The van der Waals surface area contributed by atoms with Crippen molar-refractivity contribution in [2.75, 3.05) is 51.8 Å². The van der Waals surface area contributed by atoms with Crippen molar-refractivity contribution in [3.8, 4) is 29.2 Å². The van der Waals surface area contributed by atoms with E-state index >= 15 is 0 Å². The molecule has 3 aromatic rings. The molecule has 1 N–H and O–H groups in total. The van der Waals surface area contributed by atoms with E-state index in [0.29, 0.717) is 54.9 Å². The normalized spacial score (nSPS) is 13.3. The van der Waals surface area contributed by atoms with Crippen molar-refractivity contribution < 1.29 is 27.9 Å². The minimum atomic E-state index is -0.390. The van der Waals surface area contributed by atoms with Gasteiger partial charge in [0.1, 0.15) is 6.07 Å². The van der Waals surface area contributed by atoms with Crippen LogP contribution >= 0.6 is 0 Å². The maximum absolute atomic E-state index is 12.6. The molecule has 0 radical (unpaired) electrons. The van der Waals surface area contributed by atoms with Gasteiger partial charge < -0.3 is 33.4 Å². The number of methoxy groups -OCH3 is 2. The molecule has 0 spiro atoms. The maximum Gasteiger partial charge on any atom is 0.266 e. The molecule has 2 aromatic heterocycles. The second-order valence-corrected chi connectivity index (χ2v) is 7.38. The van der Waals surface area contributed by atoms with Crippen LogP contribution in [0.3, 0.4) is 0 Å². The van der Waals surface area contributed by atoms with E-state index in [1.54, 1.807) is 35.2 Å². The first-order valence-corrected chi connectivity index (χ1v) is 10.5. The van der Waals surface area contributed by atoms with E-state index in [1.807, 2.05) is 11.0 Å². The summed E-state index contributed by atoms with van der Waals surface area (Å²) in [4.78, 5) is 32.8. The number of carbonyl (C=O) groups is 2. The van der Waals surface area contributed by atoms with Gasteiger partial charge in [0.05, 0.1) is 27.0 Å². The Morgan fingerprint density at radius 3 is 2.56 bits per heavy atom. The van der Waals surface area contributed by atoms with Crippen LogP contribution < -0.4 is 19.7 Å². The van der Waals surface area contributed by atoms with Crippen LogP contribution in [-0.4, -0.2) is 68.6 Å². The number of anilines is 1. The fraction of sp³-hybridized carbons (Fsp3) is 0.304. The topological polar surface area (TPSA) is 134 Å². The van der Waals surface area contributed by atoms with E-state index in [2.05, 4.69) is 10.3 Å². The minimum absolute atomic E-state index is 0.137. The smallest absolute Gasteiger partial charge is 0.266 e. The van der Waals surface area contributed by atoms with Crippen molar-refractivity contribution in [2.24, 2.45) is 0 Å². The van der Waals surface area contributed by atoms with E-state index < -0.39 is 5.91 Å². The molecule has 1 fully saturated rings. The van der Waals surface area contributed by atoms with E-state index in [9.17, 15) is 14.9 Å². The highest BCUT2D eigenvalue weighted by atomic mass is 16.5. The Morgan fingerprint density at radius 2 is 1.91 bits per heavy atom. The molecule has 4 rings (SSSR count). The second kappa shape index (κ2) is 9.99. The molecule has 2 amide bonds. The number of hydrogen-bond donors (Lipinski definition) is 1. The number of nitrogens with one attached hydrogen (secondary N) is 1. The lowest BCUT2D eigenvalue weighted by Crippen LogP contribution is -2.51. The van der Waals surface area contributed by atoms with Gasteiger partial charge >= 0.3 is 0 Å². The van der Waals surface area contributed by atoms with Crippen molar-refractivity contribution in [1.29, 1.82) is 5.26 Å². The number of aromatic nitrogens is 1. The number of benzene rings is 1. The number of hydrogen-bond acceptors (Lipinski definition) is 9. The minimum Gasteiger partial charge on any atom is -0.493 e. The van der Waals surface area contributed by atoms with Gasteiger partial charge in [-0.15, -0.1) is 0 Å². The van der Waals surface area contributed by atoms with Crippen molar-refractivity contribution in [2.45, 2.75) is 0 Å². The Kier molecular flexibility index (Phi) is 6.68. The summed E-state index contributed by atoms with van der Waals surface area (Å²) in [7, 11) is 3.00. The van der Waals surface area contributed by atoms with Crippen LogP contribution in [0.5, 0.6) is 11.5 Å². The largest absolute Gasteiger partial charge is 0.493 e. The number of carbonyl (C=O) groups excluding carboxylic acids is 2. The molecule has 1 saturated heterocycles. The zero-order valence-electron chi connectivity index (χ0n) is 18.7. The van der Waals surface area contributed by atoms with Gasteiger partial charge in [0, 0.05) is 31.7 Å². The highest BCUT2D eigenvalue weighted by Crippen LogP contribution is 2.29. The zero-order valence-corrected chi connectivity index (χ0v) is 18.7. The number of nitriles is 1. The van der Waals surface area contributed by atoms with E-state index in [1.165, 1.54) is 20.5 Å². The summed E-state index contributed by atoms with van der Waals surface area (Å²) in [6, 6.07) is 10.2. The number of oxazole rings is 1. The molecule has 0 saturated carbocycles. The van der Waals surface area contributed by atoms with Gasteiger partial charge in [-0.05, 0) is 30.3 Å². The van der Waals surface area contributed by atoms with Gasteiger partial charge in [-0.2, -0.15) is 10.2 Å². The number of furan rings is 1. The summed E-state index contributed by atoms with van der Waals surface area (Å²) < 4.78 is 21.4. The van der Waals surface area contributed by atoms with Gasteiger partial charge in [0.15, 0.2) is 17.3 Å². The SMILES string of the molecule is COc1ccc(C(=O)NCC(=O)N2CCN(c3oc(-c4ccco4)nc3C#N)CC2)cc1OC. The molecule has 176 valence electrons. The highest BCUT2D eigenvalue weighted by Gasteiger charge is 2.27. The Morgan fingerprint density at radius 1 is 1.15 bits per heavy atom. The zero-order chi connectivity index (χ0) is 24.1. The predicted molar refractivity (Wildman–Crippen MR) is 120 cm³/mol. The summed E-state index contributed by atoms with van der Waals surface area (Å²) in [5, 5.41) is 12.1. The lowest BCUT2D eigenvalue weighted by molar-refractivity contribution is -0.130. The van der Waals surface area contributed by atoms with Gasteiger partial charge in [0.2, 0.25) is 17.5 Å². The van der Waals surface area contributed by atoms with Crippen molar-refractivity contribution in [1.82, 2.24) is 15.2 Å². The number of ether oxygens (including phenoxy) is 2. The number of piperazine rings is 1. The van der Waals surface area contributed by atoms with Crippen LogP contribution in [0.2, 0.25) is 0 Å². The maximum atomic E-state index is 12.6. The molecule has 1 aliphatic rings. The molecular weight excluding hydrogens is 442 g/mol. The van der Waals surface area contributed by atoms with Crippen molar-refractivity contribution in [3.05, 3.63) is 47.9 Å². The van der Waals surface area contributed by atoms with Crippen LogP contribution in [0, 0.1) is 11.3 Å². The molecule has 1 aliphatic heterocycles. The van der Waals surface area contributed by atoms with Crippen LogP contribution in [0.1, 0.15) is 16.1 Å². The Hall–Kier alpha value is -4.46. The molecule has 34 heavy (non-hydrogen) atoms. The third-order valence-corrected chi connectivity index (χ3v) is 5.41. The lowest BCUT2D eigenvalue weighted by Gasteiger charge is -2.34. The first kappa shape index (κ1) is 22.7. The van der Waals surface area contributed by atoms with Crippen LogP contribution in [-0.2, 0) is 4.79 Å². The van der Waals surface area contributed by atoms with Crippen LogP contribution in [0.15, 0.2) is 45.4 Å². The summed E-state index contributed by atoms with van der Waals surface area (Å²) in [5.41, 5.74) is 0.519. The van der Waals surface area contributed by atoms with Gasteiger partial charge in [-0.25, -0.2) is 0 Å². The lowest BCUT2D eigenvalue weighted by atomic mass is 10.2. The Bertz CT molecular complexity index is 1210. The number of nitrogens with zero attached hydrogens (tertiary/aromatic N) is 4. The standard InChI is InChI=1S/C23H23N5O6/c1-31-17-6-5-15(12-19(17)32-2)21(30)25-14-20(29)27-7-9-28(10-8-27)23-16(13-24)26-22(34-23)18-4-3-11-33-18/h3-6,11-12H,7-10,14H2,1-2H3,(H,25,30). The summed E-state index contributed by atoms with van der Waals surface area (Å²) in [6.07, 6.45) is 1.50. The monoisotopic (exact) mass is 465 g/mol. The van der Waals surface area contributed by atoms with Crippen molar-refractivity contribution >= 4 is 17.7 Å². The van der Waals surface area contributed by atoms with Gasteiger partial charge in [-0.1, -0.05) is 0 Å². The first-order chi connectivity index (χ1) is 16.5. The highest BCUT2D eigenvalue weighted by molar-refractivity contribution is 5.97. The fourth-order valence-corrected chi connectivity index (χ4v) is 3.61. The molecule has 1 aromatic carbocycles. The third kappa shape index (κ3) is 4.66. The molecule has 3 heterocycles. The van der Waals surface area contributed by atoms with E-state index in [4.69, 9.17) is 18.3 Å². The van der Waals surface area contributed by atoms with Gasteiger partial charge in [-0.3, -0.25) is 9.59 Å². The second-order valence-electron chi connectivity index (χ2n) is 7.38. The summed E-state index contributed by atoms with van der Waals surface area (Å²) in [5.74, 6) is 1.35. The van der Waals surface area contributed by atoms with E-state index in [-0.39, 0.29) is 24.0 Å². The van der Waals surface area contributed by atoms with E-state index in [0.717, 1.165) is 0 Å². The first-order valence-electron chi connectivity index (χ1n) is 10.5. The molecule has 0 bridgehead atoms. The molecule has 11 nitrogen and oxygen atoms in total. The molecular formula is C23H23N5O6. The number of rotatable bonds is 7. The molecule has 0 atom stereocenters. The average Bonchev–Trinajstić information content (AvgIpc) is 3.57. The molecule has 11 heteroatoms. The fourth-order valence-electron chi connectivity index (χ4n) is 3.61. The summed E-state index contributed by atoms with van der Waals surface area (Å²) in [6.45, 7) is 1.59. The number of amides is 2. The quantitative estimate of drug-likeness (QED) is 0.555. The Balaban J connectivity index is 1.32. The molecule has 0 unspecified atom stereocenters. The van der Waals surface area contributed by atoms with Gasteiger partial charge in [0.25, 0.3) is 11.8 Å². The van der Waals surface area contributed by atoms with Crippen LogP contribution in [0.4, 0.5) is 5.88 Å². The third-order valence-electron chi connectivity index (χ3n) is 5.41. The average molecular weight is 465 g/mol. The predicted octanol–water partition coefficient (Wildman–Crippen LogP) is 1.90. The Labute approximate surface area is 195 Å².